The van der Waals surface area contributed by atoms with Crippen molar-refractivity contribution in [2.75, 3.05) is 6.54 Å². The van der Waals surface area contributed by atoms with Gasteiger partial charge in [0.2, 0.25) is 0 Å². The third-order valence-corrected chi connectivity index (χ3v) is 2.80. The topological polar surface area (TPSA) is 62.2 Å². The van der Waals surface area contributed by atoms with Gasteiger partial charge in [-0.2, -0.15) is 0 Å². The van der Waals surface area contributed by atoms with Gasteiger partial charge in [-0.25, -0.2) is 0 Å². The number of carbonyl (C=O) groups excluding carboxylic acids is 1. The van der Waals surface area contributed by atoms with Gasteiger partial charge in [-0.1, -0.05) is 0 Å². The quantitative estimate of drug-likeness (QED) is 0.792. The molecule has 16 heavy (non-hydrogen) atoms. The molecule has 0 saturated heterocycles. The Kier molecular flexibility index (Phi) is 3.19. The van der Waals surface area contributed by atoms with Crippen LogP contribution in [0.25, 0.3) is 0 Å². The number of aliphatic hydroxyl groups is 1. The van der Waals surface area contributed by atoms with Crippen LogP contribution in [0.2, 0.25) is 0 Å². The predicted octanol–water partition coefficient (Wildman–Crippen LogP) is 0.891. The second kappa shape index (κ2) is 4.61. The largest absolute Gasteiger partial charge is 0.391 e. The molecule has 1 atom stereocenters. The third kappa shape index (κ3) is 2.79. The first kappa shape index (κ1) is 11.1. The summed E-state index contributed by atoms with van der Waals surface area (Å²) in [4.78, 5) is 15.7. The van der Waals surface area contributed by atoms with Gasteiger partial charge in [-0.15, -0.1) is 0 Å². The number of hydrogen-bond acceptors (Lipinski definition) is 3. The van der Waals surface area contributed by atoms with E-state index in [0.29, 0.717) is 18.0 Å². The zero-order valence-corrected chi connectivity index (χ0v) is 9.31. The maximum Gasteiger partial charge on any atom is 0.251 e. The Hall–Kier alpha value is -1.42. The Morgan fingerprint density at radius 1 is 1.69 bits per heavy atom. The summed E-state index contributed by atoms with van der Waals surface area (Å²) in [7, 11) is 0. The zero-order valence-electron chi connectivity index (χ0n) is 9.31. The maximum absolute atomic E-state index is 11.7. The Morgan fingerprint density at radius 3 is 3.06 bits per heavy atom. The molecule has 1 aliphatic carbocycles. The van der Waals surface area contributed by atoms with E-state index in [-0.39, 0.29) is 5.91 Å². The van der Waals surface area contributed by atoms with E-state index >= 15 is 0 Å². The minimum absolute atomic E-state index is 0.148. The summed E-state index contributed by atoms with van der Waals surface area (Å²) in [5, 5.41) is 12.3. The third-order valence-electron chi connectivity index (χ3n) is 2.80. The first-order chi connectivity index (χ1) is 7.66. The van der Waals surface area contributed by atoms with E-state index in [4.69, 9.17) is 0 Å². The molecule has 2 rings (SSSR count). The van der Waals surface area contributed by atoms with Crippen molar-refractivity contribution in [2.45, 2.75) is 25.9 Å². The van der Waals surface area contributed by atoms with Gasteiger partial charge in [0, 0.05) is 24.0 Å². The smallest absolute Gasteiger partial charge is 0.251 e. The summed E-state index contributed by atoms with van der Waals surface area (Å²) >= 11 is 0. The molecule has 4 nitrogen and oxygen atoms in total. The van der Waals surface area contributed by atoms with Gasteiger partial charge in [-0.3, -0.25) is 9.78 Å². The average Bonchev–Trinajstić information content (AvgIpc) is 3.09. The Balaban J connectivity index is 1.87. The lowest BCUT2D eigenvalue weighted by Gasteiger charge is -2.10. The molecule has 86 valence electrons. The molecular formula is C12H16N2O2. The van der Waals surface area contributed by atoms with E-state index < -0.39 is 6.10 Å². The number of amides is 1. The highest BCUT2D eigenvalue weighted by Gasteiger charge is 2.29. The van der Waals surface area contributed by atoms with Crippen LogP contribution in [0, 0.1) is 12.8 Å². The molecule has 1 heterocycles. The number of aliphatic hydroxyl groups excluding tert-OH is 1. The highest BCUT2D eigenvalue weighted by Crippen LogP contribution is 2.32. The van der Waals surface area contributed by atoms with Crippen LogP contribution in [0.5, 0.6) is 0 Å². The predicted molar refractivity (Wildman–Crippen MR) is 60.0 cm³/mol. The van der Waals surface area contributed by atoms with Crippen molar-refractivity contribution in [1.82, 2.24) is 10.3 Å². The second-order valence-corrected chi connectivity index (χ2v) is 4.30. The van der Waals surface area contributed by atoms with Crippen LogP contribution in [0.3, 0.4) is 0 Å². The fraction of sp³-hybridized carbons (Fsp3) is 0.500. The SMILES string of the molecule is Cc1cc(C(=O)NCC(O)C2CC2)ccn1. The van der Waals surface area contributed by atoms with Crippen LogP contribution in [-0.2, 0) is 0 Å². The maximum atomic E-state index is 11.7. The molecular weight excluding hydrogens is 204 g/mol. The van der Waals surface area contributed by atoms with E-state index in [0.717, 1.165) is 18.5 Å². The normalized spacial score (nSPS) is 16.9. The number of nitrogens with zero attached hydrogens (tertiary/aromatic N) is 1. The Labute approximate surface area is 94.7 Å². The Bertz CT molecular complexity index is 388. The summed E-state index contributed by atoms with van der Waals surface area (Å²) in [6, 6.07) is 3.41. The molecule has 0 spiro atoms. The fourth-order valence-corrected chi connectivity index (χ4v) is 1.63. The molecule has 0 aromatic carbocycles. The average molecular weight is 220 g/mol. The summed E-state index contributed by atoms with van der Waals surface area (Å²) in [5.74, 6) is 0.240. The summed E-state index contributed by atoms with van der Waals surface area (Å²) in [6.45, 7) is 2.18. The molecule has 1 aromatic rings. The monoisotopic (exact) mass is 220 g/mol. The van der Waals surface area contributed by atoms with Crippen molar-refractivity contribution in [3.63, 3.8) is 0 Å². The summed E-state index contributed by atoms with van der Waals surface area (Å²) < 4.78 is 0. The summed E-state index contributed by atoms with van der Waals surface area (Å²) in [6.07, 6.45) is 3.37. The number of carbonyl (C=O) groups is 1. The Morgan fingerprint density at radius 2 is 2.44 bits per heavy atom. The molecule has 1 aliphatic rings. The molecule has 1 unspecified atom stereocenters. The second-order valence-electron chi connectivity index (χ2n) is 4.30. The van der Waals surface area contributed by atoms with Crippen molar-refractivity contribution in [3.05, 3.63) is 29.6 Å². The highest BCUT2D eigenvalue weighted by molar-refractivity contribution is 5.94. The molecule has 2 N–H and O–H groups in total. The first-order valence-electron chi connectivity index (χ1n) is 5.56. The van der Waals surface area contributed by atoms with Gasteiger partial charge in [0.05, 0.1) is 6.10 Å². The van der Waals surface area contributed by atoms with Gasteiger partial charge in [0.1, 0.15) is 0 Å². The van der Waals surface area contributed by atoms with Gasteiger partial charge in [0.15, 0.2) is 0 Å². The summed E-state index contributed by atoms with van der Waals surface area (Å²) in [5.41, 5.74) is 1.41. The van der Waals surface area contributed by atoms with Gasteiger partial charge >= 0.3 is 0 Å². The lowest BCUT2D eigenvalue weighted by atomic mass is 10.2. The molecule has 1 fully saturated rings. The van der Waals surface area contributed by atoms with Gasteiger partial charge < -0.3 is 10.4 Å². The van der Waals surface area contributed by atoms with E-state index in [1.165, 1.54) is 0 Å². The molecule has 1 amide bonds. The lowest BCUT2D eigenvalue weighted by molar-refractivity contribution is 0.0901. The number of rotatable bonds is 4. The van der Waals surface area contributed by atoms with Crippen molar-refractivity contribution in [3.8, 4) is 0 Å². The van der Waals surface area contributed by atoms with Gasteiger partial charge in [0.25, 0.3) is 5.91 Å². The minimum Gasteiger partial charge on any atom is -0.391 e. The molecule has 0 bridgehead atoms. The van der Waals surface area contributed by atoms with E-state index in [1.54, 1.807) is 18.3 Å². The molecule has 1 saturated carbocycles. The van der Waals surface area contributed by atoms with Crippen LogP contribution >= 0.6 is 0 Å². The standard InChI is InChI=1S/C12H16N2O2/c1-8-6-10(4-5-13-8)12(16)14-7-11(15)9-2-3-9/h4-6,9,11,15H,2-3,7H2,1H3,(H,14,16). The number of aromatic nitrogens is 1. The number of aryl methyl sites for hydroxylation is 1. The zero-order chi connectivity index (χ0) is 11.5. The van der Waals surface area contributed by atoms with Gasteiger partial charge in [-0.05, 0) is 37.8 Å². The van der Waals surface area contributed by atoms with Crippen LogP contribution in [-0.4, -0.2) is 28.6 Å². The van der Waals surface area contributed by atoms with E-state index in [1.807, 2.05) is 6.92 Å². The number of nitrogens with one attached hydrogen (secondary N) is 1. The number of pyridine rings is 1. The molecule has 0 aliphatic heterocycles. The first-order valence-corrected chi connectivity index (χ1v) is 5.56. The van der Waals surface area contributed by atoms with Crippen molar-refractivity contribution in [1.29, 1.82) is 0 Å². The molecule has 1 aromatic heterocycles. The van der Waals surface area contributed by atoms with Crippen LogP contribution in [0.4, 0.5) is 0 Å². The van der Waals surface area contributed by atoms with Crippen molar-refractivity contribution < 1.29 is 9.90 Å². The van der Waals surface area contributed by atoms with E-state index in [2.05, 4.69) is 10.3 Å². The number of hydrogen-bond donors (Lipinski definition) is 2. The molecule has 0 radical (unpaired) electrons. The van der Waals surface area contributed by atoms with Crippen molar-refractivity contribution >= 4 is 5.91 Å². The van der Waals surface area contributed by atoms with Crippen LogP contribution in [0.15, 0.2) is 18.3 Å². The van der Waals surface area contributed by atoms with Crippen LogP contribution in [0.1, 0.15) is 28.9 Å². The molecule has 4 heteroatoms. The fourth-order valence-electron chi connectivity index (χ4n) is 1.63. The van der Waals surface area contributed by atoms with E-state index in [9.17, 15) is 9.90 Å². The van der Waals surface area contributed by atoms with Crippen molar-refractivity contribution in [2.24, 2.45) is 5.92 Å². The lowest BCUT2D eigenvalue weighted by Crippen LogP contribution is -2.33. The highest BCUT2D eigenvalue weighted by atomic mass is 16.3. The van der Waals surface area contributed by atoms with Crippen LogP contribution < -0.4 is 5.32 Å². The minimum atomic E-state index is -0.396.